The number of ketones is 1. The van der Waals surface area contributed by atoms with E-state index < -0.39 is 23.5 Å². The molecule has 0 rings (SSSR count). The van der Waals surface area contributed by atoms with Crippen LogP contribution in [0.15, 0.2) is 11.8 Å². The number of carbonyl (C=O) groups is 3. The summed E-state index contributed by atoms with van der Waals surface area (Å²) in [4.78, 5) is 31.3. The van der Waals surface area contributed by atoms with Gasteiger partial charge in [0.15, 0.2) is 0 Å². The molecule has 0 aliphatic rings. The van der Waals surface area contributed by atoms with Gasteiger partial charge in [0.25, 0.3) is 5.78 Å². The molecule has 122 valence electrons. The van der Waals surface area contributed by atoms with Crippen molar-refractivity contribution in [1.29, 1.82) is 0 Å². The van der Waals surface area contributed by atoms with E-state index in [1.54, 1.807) is 6.92 Å². The number of alkyl halides is 3. The van der Waals surface area contributed by atoms with E-state index in [1.165, 1.54) is 13.8 Å². The molecular weight excluding hydrogens is 297 g/mol. The van der Waals surface area contributed by atoms with Gasteiger partial charge in [-0.25, -0.2) is 4.79 Å². The van der Waals surface area contributed by atoms with Crippen LogP contribution >= 0.6 is 0 Å². The van der Waals surface area contributed by atoms with Gasteiger partial charge >= 0.3 is 18.1 Å². The average molecular weight is 314 g/mol. The Morgan fingerprint density at radius 1 is 1.10 bits per heavy atom. The van der Waals surface area contributed by atoms with E-state index in [0.717, 1.165) is 7.11 Å². The van der Waals surface area contributed by atoms with Crippen LogP contribution in [0.4, 0.5) is 13.2 Å². The normalized spacial score (nSPS) is 10.9. The molecule has 6 nitrogen and oxygen atoms in total. The third kappa shape index (κ3) is 10.4. The van der Waals surface area contributed by atoms with Gasteiger partial charge in [-0.3, -0.25) is 9.59 Å². The molecule has 0 amide bonds. The molecule has 9 heteroatoms. The summed E-state index contributed by atoms with van der Waals surface area (Å²) in [6, 6.07) is 0. The van der Waals surface area contributed by atoms with Gasteiger partial charge in [0.1, 0.15) is 11.8 Å². The minimum atomic E-state index is -5.13. The molecule has 0 spiro atoms. The maximum Gasteiger partial charge on any atom is 0.455 e. The van der Waals surface area contributed by atoms with Crippen molar-refractivity contribution in [2.24, 2.45) is 0 Å². The lowest BCUT2D eigenvalue weighted by atomic mass is 10.2. The fourth-order valence-electron chi connectivity index (χ4n) is 0.827. The third-order valence-corrected chi connectivity index (χ3v) is 1.62. The number of esters is 2. The van der Waals surface area contributed by atoms with Crippen molar-refractivity contribution in [3.8, 4) is 0 Å². The molecule has 0 unspecified atom stereocenters. The van der Waals surface area contributed by atoms with Gasteiger partial charge in [-0.05, 0) is 13.8 Å². The maximum atomic E-state index is 12.0. The predicted molar refractivity (Wildman–Crippen MR) is 65.1 cm³/mol. The smallest absolute Gasteiger partial charge is 0.455 e. The van der Waals surface area contributed by atoms with Crippen molar-refractivity contribution in [2.45, 2.75) is 26.9 Å². The first-order chi connectivity index (χ1) is 9.61. The first kappa shape index (κ1) is 21.2. The lowest BCUT2D eigenvalue weighted by molar-refractivity contribution is -0.168. The second-order valence-electron chi connectivity index (χ2n) is 3.23. The lowest BCUT2D eigenvalue weighted by Gasteiger charge is -2.07. The standard InChI is InChI=1S/C8H9F3O4.C4H8O2/c1-3-15-4-5(7(13)14-2)6(12)8(9,10)11;1-3-6-4(2)5/h4H,3H2,1-2H3;3H2,1-2H3. The van der Waals surface area contributed by atoms with Crippen LogP contribution in [0.5, 0.6) is 0 Å². The van der Waals surface area contributed by atoms with Gasteiger partial charge in [-0.1, -0.05) is 0 Å². The maximum absolute atomic E-state index is 12.0. The Morgan fingerprint density at radius 3 is 1.86 bits per heavy atom. The zero-order valence-electron chi connectivity index (χ0n) is 12.1. The zero-order chi connectivity index (χ0) is 17.1. The number of ether oxygens (including phenoxy) is 3. The molecule has 0 fully saturated rings. The van der Waals surface area contributed by atoms with Crippen LogP contribution < -0.4 is 0 Å². The summed E-state index contributed by atoms with van der Waals surface area (Å²) in [6.07, 6.45) is -4.68. The molecule has 0 bridgehead atoms. The number of hydrogen-bond donors (Lipinski definition) is 0. The number of methoxy groups -OCH3 is 1. The van der Waals surface area contributed by atoms with Crippen molar-refractivity contribution >= 4 is 17.7 Å². The van der Waals surface area contributed by atoms with Crippen LogP contribution in [-0.2, 0) is 28.6 Å². The van der Waals surface area contributed by atoms with E-state index in [9.17, 15) is 27.6 Å². The third-order valence-electron chi connectivity index (χ3n) is 1.62. The van der Waals surface area contributed by atoms with Crippen LogP contribution in [-0.4, -0.2) is 44.2 Å². The van der Waals surface area contributed by atoms with Gasteiger partial charge in [0, 0.05) is 6.92 Å². The van der Waals surface area contributed by atoms with E-state index in [0.29, 0.717) is 12.9 Å². The molecule has 0 aromatic carbocycles. The molecule has 0 saturated heterocycles. The predicted octanol–water partition coefficient (Wildman–Crippen LogP) is 1.78. The molecule has 0 atom stereocenters. The van der Waals surface area contributed by atoms with Crippen LogP contribution in [0, 0.1) is 0 Å². The molecule has 0 radical (unpaired) electrons. The van der Waals surface area contributed by atoms with Crippen molar-refractivity contribution in [3.05, 3.63) is 11.8 Å². The molecule has 21 heavy (non-hydrogen) atoms. The number of Topliss-reactive ketones (excluding diaryl/α,β-unsaturated/α-hetero) is 1. The Morgan fingerprint density at radius 2 is 1.62 bits per heavy atom. The molecule has 0 saturated carbocycles. The zero-order valence-corrected chi connectivity index (χ0v) is 12.1. The van der Waals surface area contributed by atoms with Gasteiger partial charge in [-0.15, -0.1) is 0 Å². The number of hydrogen-bond acceptors (Lipinski definition) is 6. The Hall–Kier alpha value is -2.06. The molecular formula is C12H17F3O6. The molecule has 0 aliphatic heterocycles. The highest BCUT2D eigenvalue weighted by molar-refractivity contribution is 6.19. The Bertz CT molecular complexity index is 387. The van der Waals surface area contributed by atoms with E-state index >= 15 is 0 Å². The Kier molecular flexibility index (Phi) is 10.8. The lowest BCUT2D eigenvalue weighted by Crippen LogP contribution is -2.29. The minimum Gasteiger partial charge on any atom is -0.500 e. The monoisotopic (exact) mass is 314 g/mol. The summed E-state index contributed by atoms with van der Waals surface area (Å²) < 4.78 is 48.8. The molecule has 0 aliphatic carbocycles. The summed E-state index contributed by atoms with van der Waals surface area (Å²) in [5, 5.41) is 0. The summed E-state index contributed by atoms with van der Waals surface area (Å²) in [7, 11) is 0.867. The molecule has 0 N–H and O–H groups in total. The summed E-state index contributed by atoms with van der Waals surface area (Å²) in [5.74, 6) is -3.88. The van der Waals surface area contributed by atoms with Crippen LogP contribution in [0.25, 0.3) is 0 Å². The Balaban J connectivity index is 0. The first-order valence-corrected chi connectivity index (χ1v) is 5.76. The quantitative estimate of drug-likeness (QED) is 0.253. The Labute approximate surface area is 119 Å². The molecule has 0 aromatic heterocycles. The van der Waals surface area contributed by atoms with Crippen molar-refractivity contribution in [3.63, 3.8) is 0 Å². The number of halogens is 3. The van der Waals surface area contributed by atoms with E-state index in [-0.39, 0.29) is 12.6 Å². The minimum absolute atomic E-state index is 0.0334. The second kappa shape index (κ2) is 10.7. The topological polar surface area (TPSA) is 78.9 Å². The van der Waals surface area contributed by atoms with Gasteiger partial charge in [0.2, 0.25) is 0 Å². The van der Waals surface area contributed by atoms with E-state index in [1.807, 2.05) is 0 Å². The summed E-state index contributed by atoms with van der Waals surface area (Å²) in [6.45, 7) is 5.18. The van der Waals surface area contributed by atoms with Crippen molar-refractivity contribution in [2.75, 3.05) is 20.3 Å². The fraction of sp³-hybridized carbons (Fsp3) is 0.583. The van der Waals surface area contributed by atoms with Gasteiger partial charge < -0.3 is 14.2 Å². The molecule has 0 heterocycles. The highest BCUT2D eigenvalue weighted by Crippen LogP contribution is 2.21. The van der Waals surface area contributed by atoms with Gasteiger partial charge in [0.05, 0.1) is 20.3 Å². The second-order valence-corrected chi connectivity index (χ2v) is 3.23. The van der Waals surface area contributed by atoms with Crippen LogP contribution in [0.1, 0.15) is 20.8 Å². The number of rotatable bonds is 5. The highest BCUT2D eigenvalue weighted by Gasteiger charge is 2.43. The first-order valence-electron chi connectivity index (χ1n) is 5.76. The van der Waals surface area contributed by atoms with Gasteiger partial charge in [-0.2, -0.15) is 13.2 Å². The fourth-order valence-corrected chi connectivity index (χ4v) is 0.827. The van der Waals surface area contributed by atoms with Crippen LogP contribution in [0.2, 0.25) is 0 Å². The average Bonchev–Trinajstić information content (AvgIpc) is 2.38. The summed E-state index contributed by atoms with van der Waals surface area (Å²) >= 11 is 0. The largest absolute Gasteiger partial charge is 0.500 e. The van der Waals surface area contributed by atoms with E-state index in [2.05, 4.69) is 14.2 Å². The highest BCUT2D eigenvalue weighted by atomic mass is 19.4. The SMILES string of the molecule is CCOC(C)=O.CCOC=C(C(=O)OC)C(=O)C(F)(F)F. The van der Waals surface area contributed by atoms with Crippen molar-refractivity contribution < 1.29 is 41.8 Å². The number of carbonyl (C=O) groups excluding carboxylic acids is 3. The summed E-state index contributed by atoms with van der Waals surface area (Å²) in [5.41, 5.74) is -1.17. The van der Waals surface area contributed by atoms with Crippen molar-refractivity contribution in [1.82, 2.24) is 0 Å². The van der Waals surface area contributed by atoms with E-state index in [4.69, 9.17) is 0 Å². The molecule has 0 aromatic rings. The van der Waals surface area contributed by atoms with Crippen LogP contribution in [0.3, 0.4) is 0 Å².